The molecule has 136 valence electrons. The number of thioether (sulfide) groups is 1. The van der Waals surface area contributed by atoms with Crippen molar-refractivity contribution in [3.8, 4) is 0 Å². The Morgan fingerprint density at radius 2 is 1.65 bits per heavy atom. The number of carbonyl (C=O) groups is 2. The van der Waals surface area contributed by atoms with Gasteiger partial charge in [-0.3, -0.25) is 9.59 Å². The molecule has 0 fully saturated rings. The molecular weight excluding hydrogens is 365 g/mol. The minimum absolute atomic E-state index is 0.0664. The molecule has 2 aromatic carbocycles. The summed E-state index contributed by atoms with van der Waals surface area (Å²) >= 11 is -0.202. The van der Waals surface area contributed by atoms with Gasteiger partial charge in [0.2, 0.25) is 11.8 Å². The summed E-state index contributed by atoms with van der Waals surface area (Å²) in [4.78, 5) is 23.5. The van der Waals surface area contributed by atoms with E-state index in [4.69, 9.17) is 0 Å². The van der Waals surface area contributed by atoms with Gasteiger partial charge in [0.15, 0.2) is 0 Å². The number of halogens is 3. The van der Waals surface area contributed by atoms with Gasteiger partial charge in [0.05, 0.1) is 6.54 Å². The molecule has 0 saturated heterocycles. The summed E-state index contributed by atoms with van der Waals surface area (Å²) in [5.74, 6) is -0.853. The summed E-state index contributed by atoms with van der Waals surface area (Å²) < 4.78 is 36.7. The summed E-state index contributed by atoms with van der Waals surface area (Å²) in [6.45, 7) is -0.195. The summed E-state index contributed by atoms with van der Waals surface area (Å²) in [7, 11) is 0. The summed E-state index contributed by atoms with van der Waals surface area (Å²) in [5.41, 5.74) is -3.14. The number of anilines is 1. The second-order valence-electron chi connectivity index (χ2n) is 5.08. The van der Waals surface area contributed by atoms with Gasteiger partial charge >= 0.3 is 5.51 Å². The molecule has 0 aliphatic heterocycles. The minimum atomic E-state index is -4.34. The van der Waals surface area contributed by atoms with Gasteiger partial charge in [0, 0.05) is 16.7 Å². The molecule has 0 spiro atoms. The molecule has 2 rings (SSSR count). The third kappa shape index (κ3) is 7.43. The maximum Gasteiger partial charge on any atom is 0.446 e. The molecule has 4 nitrogen and oxygen atoms in total. The van der Waals surface area contributed by atoms with Crippen LogP contribution < -0.4 is 10.6 Å². The predicted octanol–water partition coefficient (Wildman–Crippen LogP) is 4.07. The van der Waals surface area contributed by atoms with Crippen LogP contribution in [0.25, 0.3) is 6.08 Å². The molecular formula is C18H15F3N2O2S. The van der Waals surface area contributed by atoms with Crippen LogP contribution in [0.1, 0.15) is 5.56 Å². The second-order valence-corrected chi connectivity index (χ2v) is 6.22. The molecule has 2 amide bonds. The molecule has 0 saturated carbocycles. The number of para-hydroxylation sites is 1. The fraction of sp³-hybridized carbons (Fsp3) is 0.111. The Morgan fingerprint density at radius 1 is 1.00 bits per heavy atom. The van der Waals surface area contributed by atoms with Gasteiger partial charge in [0.25, 0.3) is 0 Å². The largest absolute Gasteiger partial charge is 0.446 e. The number of amides is 2. The van der Waals surface area contributed by atoms with Gasteiger partial charge in [-0.1, -0.05) is 30.3 Å². The Morgan fingerprint density at radius 3 is 2.27 bits per heavy atom. The van der Waals surface area contributed by atoms with Crippen LogP contribution in [-0.4, -0.2) is 23.9 Å². The summed E-state index contributed by atoms with van der Waals surface area (Å²) in [6, 6.07) is 14.4. The maximum absolute atomic E-state index is 12.2. The van der Waals surface area contributed by atoms with E-state index in [1.165, 1.54) is 36.4 Å². The number of hydrogen-bond donors (Lipinski definition) is 2. The molecule has 0 aliphatic carbocycles. The van der Waals surface area contributed by atoms with Crippen molar-refractivity contribution < 1.29 is 22.8 Å². The summed E-state index contributed by atoms with van der Waals surface area (Å²) in [5, 5.41) is 5.05. The van der Waals surface area contributed by atoms with E-state index in [9.17, 15) is 22.8 Å². The van der Waals surface area contributed by atoms with E-state index in [0.717, 1.165) is 0 Å². The van der Waals surface area contributed by atoms with Gasteiger partial charge in [-0.25, -0.2) is 0 Å². The zero-order valence-electron chi connectivity index (χ0n) is 13.4. The highest BCUT2D eigenvalue weighted by molar-refractivity contribution is 8.00. The highest BCUT2D eigenvalue weighted by Gasteiger charge is 2.28. The average molecular weight is 380 g/mol. The van der Waals surface area contributed by atoms with Crippen LogP contribution in [0.5, 0.6) is 0 Å². The van der Waals surface area contributed by atoms with Crippen molar-refractivity contribution in [2.45, 2.75) is 10.4 Å². The number of carbonyl (C=O) groups excluding carboxylic acids is 2. The van der Waals surface area contributed by atoms with Gasteiger partial charge in [-0.05, 0) is 47.7 Å². The molecule has 2 aromatic rings. The molecule has 2 N–H and O–H groups in total. The lowest BCUT2D eigenvalue weighted by molar-refractivity contribution is -0.121. The Labute approximate surface area is 152 Å². The monoisotopic (exact) mass is 380 g/mol. The second kappa shape index (κ2) is 9.10. The van der Waals surface area contributed by atoms with Crippen molar-refractivity contribution >= 4 is 35.3 Å². The van der Waals surface area contributed by atoms with E-state index in [2.05, 4.69) is 10.6 Å². The van der Waals surface area contributed by atoms with E-state index >= 15 is 0 Å². The molecule has 0 heterocycles. The fourth-order valence-electron chi connectivity index (χ4n) is 1.91. The van der Waals surface area contributed by atoms with Crippen molar-refractivity contribution in [3.05, 3.63) is 66.2 Å². The highest BCUT2D eigenvalue weighted by atomic mass is 32.2. The third-order valence-electron chi connectivity index (χ3n) is 3.02. The topological polar surface area (TPSA) is 58.2 Å². The number of hydrogen-bond acceptors (Lipinski definition) is 3. The van der Waals surface area contributed by atoms with E-state index in [1.54, 1.807) is 24.3 Å². The minimum Gasteiger partial charge on any atom is -0.343 e. The lowest BCUT2D eigenvalue weighted by atomic mass is 10.2. The molecule has 0 unspecified atom stereocenters. The zero-order chi connectivity index (χ0) is 19.0. The van der Waals surface area contributed by atoms with Crippen LogP contribution in [0.2, 0.25) is 0 Å². The molecule has 8 heteroatoms. The lowest BCUT2D eigenvalue weighted by Crippen LogP contribution is -2.31. The first kappa shape index (κ1) is 19.6. The standard InChI is InChI=1S/C18H15F3N2O2S/c19-18(20,21)26-15-9-6-13(7-10-15)8-11-16(24)22-12-17(25)23-14-4-2-1-3-5-14/h1-11H,12H2,(H,22,24)(H,23,25)/b11-8+. The van der Waals surface area contributed by atoms with Crippen molar-refractivity contribution in [2.24, 2.45) is 0 Å². The molecule has 26 heavy (non-hydrogen) atoms. The Hall–Kier alpha value is -2.74. The number of alkyl halides is 3. The van der Waals surface area contributed by atoms with Gasteiger partial charge in [0.1, 0.15) is 0 Å². The third-order valence-corrected chi connectivity index (χ3v) is 3.76. The SMILES string of the molecule is O=C(/C=C/c1ccc(SC(F)(F)F)cc1)NCC(=O)Nc1ccccc1. The van der Waals surface area contributed by atoms with Crippen LogP contribution >= 0.6 is 11.8 Å². The first-order valence-corrected chi connectivity index (χ1v) is 8.30. The first-order valence-electron chi connectivity index (χ1n) is 7.48. The lowest BCUT2D eigenvalue weighted by Gasteiger charge is -2.06. The van der Waals surface area contributed by atoms with Crippen molar-refractivity contribution in [1.29, 1.82) is 0 Å². The average Bonchev–Trinajstić information content (AvgIpc) is 2.59. The summed E-state index contributed by atoms with van der Waals surface area (Å²) in [6.07, 6.45) is 2.66. The van der Waals surface area contributed by atoms with Crippen LogP contribution in [0, 0.1) is 0 Å². The normalized spacial score (nSPS) is 11.3. The quantitative estimate of drug-likeness (QED) is 0.587. The van der Waals surface area contributed by atoms with Crippen LogP contribution in [0.4, 0.5) is 18.9 Å². The molecule has 0 aliphatic rings. The fourth-order valence-corrected chi connectivity index (χ4v) is 2.44. The Balaban J connectivity index is 1.79. The van der Waals surface area contributed by atoms with Crippen LogP contribution in [0.15, 0.2) is 65.6 Å². The van der Waals surface area contributed by atoms with E-state index in [1.807, 2.05) is 6.07 Å². The van der Waals surface area contributed by atoms with Gasteiger partial charge in [-0.2, -0.15) is 13.2 Å². The van der Waals surface area contributed by atoms with Gasteiger partial charge < -0.3 is 10.6 Å². The van der Waals surface area contributed by atoms with Crippen LogP contribution in [-0.2, 0) is 9.59 Å². The smallest absolute Gasteiger partial charge is 0.343 e. The molecule has 0 bridgehead atoms. The van der Waals surface area contributed by atoms with Crippen LogP contribution in [0.3, 0.4) is 0 Å². The predicted molar refractivity (Wildman–Crippen MR) is 95.5 cm³/mol. The van der Waals surface area contributed by atoms with E-state index < -0.39 is 11.4 Å². The first-order chi connectivity index (χ1) is 12.3. The van der Waals surface area contributed by atoms with Crippen molar-refractivity contribution in [1.82, 2.24) is 5.32 Å². The molecule has 0 aromatic heterocycles. The maximum atomic E-state index is 12.2. The highest BCUT2D eigenvalue weighted by Crippen LogP contribution is 2.36. The zero-order valence-corrected chi connectivity index (χ0v) is 14.2. The van der Waals surface area contributed by atoms with Crippen molar-refractivity contribution in [2.75, 3.05) is 11.9 Å². The Bertz CT molecular complexity index is 775. The molecule has 0 radical (unpaired) electrons. The van der Waals surface area contributed by atoms with E-state index in [0.29, 0.717) is 11.3 Å². The van der Waals surface area contributed by atoms with Crippen molar-refractivity contribution in [3.63, 3.8) is 0 Å². The molecule has 0 atom stereocenters. The number of benzene rings is 2. The number of rotatable bonds is 6. The Kier molecular flexibility index (Phi) is 6.85. The van der Waals surface area contributed by atoms with Gasteiger partial charge in [-0.15, -0.1) is 0 Å². The number of nitrogens with one attached hydrogen (secondary N) is 2. The van der Waals surface area contributed by atoms with E-state index in [-0.39, 0.29) is 29.1 Å².